The number of nitrogens with one attached hydrogen (secondary N) is 1. The van der Waals surface area contributed by atoms with Gasteiger partial charge in [-0.15, -0.1) is 0 Å². The second-order valence-electron chi connectivity index (χ2n) is 8.25. The van der Waals surface area contributed by atoms with Gasteiger partial charge in [-0.1, -0.05) is 18.2 Å². The topological polar surface area (TPSA) is 96.6 Å². The highest BCUT2D eigenvalue weighted by atomic mass is 32.2. The van der Waals surface area contributed by atoms with Crippen LogP contribution in [0.15, 0.2) is 34.4 Å². The first kappa shape index (κ1) is 20.5. The van der Waals surface area contributed by atoms with E-state index in [4.69, 9.17) is 5.73 Å². The van der Waals surface area contributed by atoms with Gasteiger partial charge in [-0.25, -0.2) is 9.97 Å². The number of nitrogens with zero attached hydrogens (tertiary/aromatic N) is 5. The summed E-state index contributed by atoms with van der Waals surface area (Å²) < 4.78 is 39.7. The monoisotopic (exact) mass is 449 g/mol. The quantitative estimate of drug-likeness (QED) is 0.623. The van der Waals surface area contributed by atoms with Crippen molar-refractivity contribution in [3.63, 3.8) is 0 Å². The molecule has 1 atom stereocenters. The van der Waals surface area contributed by atoms with Crippen LogP contribution >= 0.6 is 11.8 Å². The molecule has 1 saturated heterocycles. The number of hydrogen-bond donors (Lipinski definition) is 2. The van der Waals surface area contributed by atoms with E-state index < -0.39 is 11.9 Å². The number of hydrogen-bond acceptors (Lipinski definition) is 7. The Hall–Kier alpha value is -2.40. The van der Waals surface area contributed by atoms with E-state index in [2.05, 4.69) is 30.0 Å². The Morgan fingerprint density at radius 1 is 1.19 bits per heavy atom. The van der Waals surface area contributed by atoms with Crippen molar-refractivity contribution in [2.75, 3.05) is 18.0 Å². The van der Waals surface area contributed by atoms with Crippen LogP contribution in [-0.2, 0) is 6.18 Å². The summed E-state index contributed by atoms with van der Waals surface area (Å²) in [5, 5.41) is 7.29. The van der Waals surface area contributed by atoms with Crippen molar-refractivity contribution in [1.82, 2.24) is 25.1 Å². The van der Waals surface area contributed by atoms with Gasteiger partial charge in [0.15, 0.2) is 16.4 Å². The van der Waals surface area contributed by atoms with Crippen LogP contribution in [0.1, 0.15) is 37.8 Å². The molecule has 0 radical (unpaired) electrons. The summed E-state index contributed by atoms with van der Waals surface area (Å²) >= 11 is 0.877. The third kappa shape index (κ3) is 3.73. The minimum Gasteiger partial charge on any atom is -0.355 e. The van der Waals surface area contributed by atoms with Gasteiger partial charge < -0.3 is 10.6 Å². The van der Waals surface area contributed by atoms with Crippen molar-refractivity contribution in [1.29, 1.82) is 0 Å². The van der Waals surface area contributed by atoms with E-state index in [1.54, 1.807) is 6.20 Å². The molecule has 0 amide bonds. The Morgan fingerprint density at radius 2 is 2.00 bits per heavy atom. The number of nitrogens with two attached hydrogens (primary N) is 1. The zero-order chi connectivity index (χ0) is 21.6. The van der Waals surface area contributed by atoms with E-state index in [9.17, 15) is 13.2 Å². The van der Waals surface area contributed by atoms with Crippen LogP contribution in [-0.4, -0.2) is 44.3 Å². The standard InChI is InChI=1S/C20H22F3N7S/c21-20(22,23)16-12(3-2-8-25-16)31-18-15-17(28-29-18)27-14(11-26-15)30-9-6-19(7-10-30)5-1-4-13(19)24/h2-3,8,11,13H,1,4-7,9-10,24H2,(H,27,28,29). The molecule has 1 unspecified atom stereocenters. The number of aromatic amines is 1. The molecular weight excluding hydrogens is 427 g/mol. The fraction of sp³-hybridized carbons (Fsp3) is 0.500. The largest absolute Gasteiger partial charge is 0.434 e. The van der Waals surface area contributed by atoms with Gasteiger partial charge >= 0.3 is 6.18 Å². The molecule has 11 heteroatoms. The van der Waals surface area contributed by atoms with Crippen LogP contribution in [0.25, 0.3) is 11.2 Å². The molecular formula is C20H22F3N7S. The molecule has 7 nitrogen and oxygen atoms in total. The maximum Gasteiger partial charge on any atom is 0.434 e. The first-order chi connectivity index (χ1) is 14.9. The van der Waals surface area contributed by atoms with Crippen LogP contribution < -0.4 is 10.6 Å². The zero-order valence-electron chi connectivity index (χ0n) is 16.7. The predicted octanol–water partition coefficient (Wildman–Crippen LogP) is 4.02. The molecule has 1 saturated carbocycles. The lowest BCUT2D eigenvalue weighted by atomic mass is 9.74. The number of anilines is 1. The van der Waals surface area contributed by atoms with Gasteiger partial charge in [-0.2, -0.15) is 18.3 Å². The van der Waals surface area contributed by atoms with Crippen LogP contribution in [0.2, 0.25) is 0 Å². The molecule has 2 fully saturated rings. The maximum atomic E-state index is 13.2. The van der Waals surface area contributed by atoms with Crippen molar-refractivity contribution >= 4 is 28.7 Å². The summed E-state index contributed by atoms with van der Waals surface area (Å²) in [5.74, 6) is 0.742. The minimum atomic E-state index is -4.54. The summed E-state index contributed by atoms with van der Waals surface area (Å²) in [5.41, 5.74) is 6.58. The number of pyridine rings is 1. The predicted molar refractivity (Wildman–Crippen MR) is 111 cm³/mol. The van der Waals surface area contributed by atoms with E-state index in [0.717, 1.165) is 56.1 Å². The molecule has 4 heterocycles. The summed E-state index contributed by atoms with van der Waals surface area (Å²) in [6.45, 7) is 1.74. The van der Waals surface area contributed by atoms with Crippen LogP contribution in [0.3, 0.4) is 0 Å². The third-order valence-corrected chi connectivity index (χ3v) is 7.56. The normalized spacial score (nSPS) is 21.3. The van der Waals surface area contributed by atoms with Crippen molar-refractivity contribution in [2.45, 2.75) is 54.2 Å². The smallest absolute Gasteiger partial charge is 0.355 e. The summed E-state index contributed by atoms with van der Waals surface area (Å²) in [4.78, 5) is 14.7. The maximum absolute atomic E-state index is 13.2. The van der Waals surface area contributed by atoms with E-state index in [1.807, 2.05) is 0 Å². The molecule has 0 bridgehead atoms. The lowest BCUT2D eigenvalue weighted by molar-refractivity contribution is -0.143. The van der Waals surface area contributed by atoms with Crippen LogP contribution in [0, 0.1) is 5.41 Å². The van der Waals surface area contributed by atoms with Crippen molar-refractivity contribution in [2.24, 2.45) is 11.1 Å². The van der Waals surface area contributed by atoms with Gasteiger partial charge in [-0.3, -0.25) is 10.1 Å². The lowest BCUT2D eigenvalue weighted by Gasteiger charge is -2.42. The highest BCUT2D eigenvalue weighted by Gasteiger charge is 2.43. The number of halogens is 3. The molecule has 3 aromatic rings. The molecule has 1 aliphatic heterocycles. The Bertz CT molecular complexity index is 1090. The van der Waals surface area contributed by atoms with Gasteiger partial charge in [0.1, 0.15) is 11.3 Å². The number of H-pyrrole nitrogens is 1. The Labute approximate surface area is 181 Å². The number of rotatable bonds is 3. The summed E-state index contributed by atoms with van der Waals surface area (Å²) in [6, 6.07) is 3.12. The molecule has 1 aliphatic carbocycles. The molecule has 5 rings (SSSR count). The average molecular weight is 450 g/mol. The Balaban J connectivity index is 1.36. The molecule has 2 aliphatic rings. The second kappa shape index (κ2) is 7.63. The Kier molecular flexibility index (Phi) is 5.04. The zero-order valence-corrected chi connectivity index (χ0v) is 17.5. The van der Waals surface area contributed by atoms with Gasteiger partial charge in [0.2, 0.25) is 0 Å². The second-order valence-corrected chi connectivity index (χ2v) is 9.28. The highest BCUT2D eigenvalue weighted by molar-refractivity contribution is 7.99. The third-order valence-electron chi connectivity index (χ3n) is 6.53. The Morgan fingerprint density at radius 3 is 2.71 bits per heavy atom. The van der Waals surface area contributed by atoms with E-state index >= 15 is 0 Å². The molecule has 164 valence electrons. The van der Waals surface area contributed by atoms with Crippen molar-refractivity contribution in [3.05, 3.63) is 30.2 Å². The highest BCUT2D eigenvalue weighted by Crippen LogP contribution is 2.46. The van der Waals surface area contributed by atoms with Crippen LogP contribution in [0.4, 0.5) is 19.0 Å². The SMILES string of the molecule is NC1CCCC12CCN(c1cnc3c(Sc4cccnc4C(F)(F)F)n[nH]c3n1)CC2. The molecule has 3 aromatic heterocycles. The van der Waals surface area contributed by atoms with Gasteiger partial charge in [0.05, 0.1) is 6.20 Å². The minimum absolute atomic E-state index is 0.0245. The van der Waals surface area contributed by atoms with Gasteiger partial charge in [0, 0.05) is 30.2 Å². The van der Waals surface area contributed by atoms with E-state index in [1.165, 1.54) is 25.0 Å². The van der Waals surface area contributed by atoms with Gasteiger partial charge in [-0.05, 0) is 43.2 Å². The van der Waals surface area contributed by atoms with E-state index in [0.29, 0.717) is 16.2 Å². The fourth-order valence-corrected chi connectivity index (χ4v) is 5.71. The lowest BCUT2D eigenvalue weighted by Crippen LogP contribution is -2.47. The number of alkyl halides is 3. The molecule has 3 N–H and O–H groups in total. The van der Waals surface area contributed by atoms with Gasteiger partial charge in [0.25, 0.3) is 0 Å². The molecule has 0 aromatic carbocycles. The number of fused-ring (bicyclic) bond motifs is 1. The van der Waals surface area contributed by atoms with Crippen molar-refractivity contribution < 1.29 is 13.2 Å². The van der Waals surface area contributed by atoms with E-state index in [-0.39, 0.29) is 16.4 Å². The molecule has 1 spiro atoms. The summed E-state index contributed by atoms with van der Waals surface area (Å²) in [6.07, 6.45) is 3.84. The summed E-state index contributed by atoms with van der Waals surface area (Å²) in [7, 11) is 0. The number of piperidine rings is 1. The first-order valence-corrected chi connectivity index (χ1v) is 11.1. The van der Waals surface area contributed by atoms with Crippen molar-refractivity contribution in [3.8, 4) is 0 Å². The number of aromatic nitrogens is 5. The van der Waals surface area contributed by atoms with Crippen LogP contribution in [0.5, 0.6) is 0 Å². The fourth-order valence-electron chi connectivity index (χ4n) is 4.75. The average Bonchev–Trinajstić information content (AvgIpc) is 3.31. The first-order valence-electron chi connectivity index (χ1n) is 10.3. The molecule has 31 heavy (non-hydrogen) atoms.